The van der Waals surface area contributed by atoms with Gasteiger partial charge >= 0.3 is 6.18 Å². The molecule has 2 rings (SSSR count). The summed E-state index contributed by atoms with van der Waals surface area (Å²) in [7, 11) is 1.62. The van der Waals surface area contributed by atoms with Crippen LogP contribution in [-0.4, -0.2) is 9.55 Å². The number of rotatable bonds is 3. The molecule has 2 aromatic rings. The number of nitrogens with zero attached hydrogens (tertiary/aromatic N) is 3. The molecule has 1 heterocycles. The van der Waals surface area contributed by atoms with Gasteiger partial charge < -0.3 is 9.30 Å². The second-order valence-corrected chi connectivity index (χ2v) is 4.55. The van der Waals surface area contributed by atoms with E-state index in [1.165, 1.54) is 16.8 Å². The van der Waals surface area contributed by atoms with Crippen molar-refractivity contribution in [2.75, 3.05) is 0 Å². The first-order valence-electron chi connectivity index (χ1n) is 5.73. The van der Waals surface area contributed by atoms with Crippen molar-refractivity contribution in [3.05, 3.63) is 46.5 Å². The molecule has 0 aliphatic rings. The molecule has 0 atom stereocenters. The molecule has 1 aromatic carbocycles. The summed E-state index contributed by atoms with van der Waals surface area (Å²) in [5, 5.41) is 9.03. The Morgan fingerprint density at radius 3 is 2.67 bits per heavy atom. The summed E-state index contributed by atoms with van der Waals surface area (Å²) in [4.78, 5) is 3.93. The van der Waals surface area contributed by atoms with Crippen molar-refractivity contribution in [1.82, 2.24) is 9.55 Å². The van der Waals surface area contributed by atoms with Gasteiger partial charge in [-0.25, -0.2) is 4.98 Å². The average molecular weight is 316 g/mol. The minimum absolute atomic E-state index is 0.0882. The Morgan fingerprint density at radius 1 is 1.43 bits per heavy atom. The van der Waals surface area contributed by atoms with Gasteiger partial charge in [-0.3, -0.25) is 0 Å². The summed E-state index contributed by atoms with van der Waals surface area (Å²) in [6.07, 6.45) is -3.23. The molecule has 0 saturated carbocycles. The minimum atomic E-state index is -4.61. The first-order chi connectivity index (χ1) is 9.82. The van der Waals surface area contributed by atoms with Gasteiger partial charge in [0.15, 0.2) is 0 Å². The highest BCUT2D eigenvalue weighted by Gasteiger charge is 2.34. The van der Waals surface area contributed by atoms with Gasteiger partial charge in [0.25, 0.3) is 0 Å². The predicted octanol–water partition coefficient (Wildman–Crippen LogP) is 3.54. The lowest BCUT2D eigenvalue weighted by Crippen LogP contribution is -2.10. The molecule has 0 bridgehead atoms. The van der Waals surface area contributed by atoms with Crippen LogP contribution in [0.2, 0.25) is 5.15 Å². The molecule has 8 heteroatoms. The summed E-state index contributed by atoms with van der Waals surface area (Å²) < 4.78 is 45.5. The van der Waals surface area contributed by atoms with Gasteiger partial charge in [0.2, 0.25) is 0 Å². The van der Waals surface area contributed by atoms with E-state index in [9.17, 15) is 13.2 Å². The molecule has 110 valence electrons. The lowest BCUT2D eigenvalue weighted by Gasteiger charge is -2.14. The smallest absolute Gasteiger partial charge is 0.420 e. The molecule has 0 N–H and O–H groups in total. The largest absolute Gasteiger partial charge is 0.485 e. The van der Waals surface area contributed by atoms with E-state index in [4.69, 9.17) is 21.6 Å². The maximum Gasteiger partial charge on any atom is 0.420 e. The van der Waals surface area contributed by atoms with Gasteiger partial charge in [0.1, 0.15) is 23.3 Å². The molecule has 1 aromatic heterocycles. The summed E-state index contributed by atoms with van der Waals surface area (Å²) in [5.41, 5.74) is -1.09. The number of benzene rings is 1. The van der Waals surface area contributed by atoms with Gasteiger partial charge in [-0.2, -0.15) is 18.4 Å². The summed E-state index contributed by atoms with van der Waals surface area (Å²) in [6.45, 7) is -0.168. The zero-order chi connectivity index (χ0) is 15.6. The quantitative estimate of drug-likeness (QED) is 0.870. The Kier molecular flexibility index (Phi) is 4.09. The molecule has 0 aliphatic heterocycles. The summed E-state index contributed by atoms with van der Waals surface area (Å²) >= 11 is 5.78. The number of alkyl halides is 3. The van der Waals surface area contributed by atoms with E-state index >= 15 is 0 Å². The van der Waals surface area contributed by atoms with E-state index in [2.05, 4.69) is 4.98 Å². The van der Waals surface area contributed by atoms with E-state index in [-0.39, 0.29) is 17.9 Å². The van der Waals surface area contributed by atoms with E-state index in [1.807, 2.05) is 0 Å². The fourth-order valence-electron chi connectivity index (χ4n) is 1.65. The van der Waals surface area contributed by atoms with Crippen molar-refractivity contribution in [3.63, 3.8) is 0 Å². The molecule has 0 radical (unpaired) electrons. The van der Waals surface area contributed by atoms with Crippen LogP contribution >= 0.6 is 11.6 Å². The highest BCUT2D eigenvalue weighted by molar-refractivity contribution is 6.29. The van der Waals surface area contributed by atoms with E-state index in [1.54, 1.807) is 13.1 Å². The SMILES string of the molecule is Cn1c(Cl)cnc1COc1ccc(C#N)cc1C(F)(F)F. The van der Waals surface area contributed by atoms with Gasteiger partial charge in [-0.05, 0) is 18.2 Å². The first-order valence-corrected chi connectivity index (χ1v) is 6.11. The molecule has 0 aliphatic carbocycles. The molecule has 4 nitrogen and oxygen atoms in total. The third-order valence-electron chi connectivity index (χ3n) is 2.80. The molecule has 0 amide bonds. The second kappa shape index (κ2) is 5.66. The van der Waals surface area contributed by atoms with Crippen LogP contribution in [0.5, 0.6) is 5.75 Å². The summed E-state index contributed by atoms with van der Waals surface area (Å²) in [6, 6.07) is 4.79. The number of hydrogen-bond donors (Lipinski definition) is 0. The van der Waals surface area contributed by atoms with E-state index in [0.717, 1.165) is 12.1 Å². The number of ether oxygens (including phenoxy) is 1. The van der Waals surface area contributed by atoms with Crippen LogP contribution in [0.1, 0.15) is 17.0 Å². The standard InChI is InChI=1S/C13H9ClF3N3O/c1-20-11(14)6-19-12(20)7-21-10-3-2-8(5-18)4-9(10)13(15,16)17/h2-4,6H,7H2,1H3. The summed E-state index contributed by atoms with van der Waals surface area (Å²) in [5.74, 6) is 0.0260. The molecular weight excluding hydrogens is 307 g/mol. The normalized spacial score (nSPS) is 11.2. The fraction of sp³-hybridized carbons (Fsp3) is 0.231. The maximum absolute atomic E-state index is 12.9. The molecule has 0 fully saturated rings. The first kappa shape index (κ1) is 15.2. The number of nitriles is 1. The lowest BCUT2D eigenvalue weighted by atomic mass is 10.1. The Labute approximate surface area is 123 Å². The number of halogens is 4. The van der Waals surface area contributed by atoms with Gasteiger partial charge in [-0.1, -0.05) is 11.6 Å². The Bertz CT molecular complexity index is 704. The van der Waals surface area contributed by atoms with Crippen LogP contribution in [0.25, 0.3) is 0 Å². The maximum atomic E-state index is 12.9. The topological polar surface area (TPSA) is 50.8 Å². The highest BCUT2D eigenvalue weighted by Crippen LogP contribution is 2.37. The third-order valence-corrected chi connectivity index (χ3v) is 3.15. The molecule has 0 spiro atoms. The van der Waals surface area contributed by atoms with Crippen LogP contribution in [0.3, 0.4) is 0 Å². The van der Waals surface area contributed by atoms with Gasteiger partial charge in [0.05, 0.1) is 23.4 Å². The van der Waals surface area contributed by atoms with E-state index in [0.29, 0.717) is 11.0 Å². The van der Waals surface area contributed by atoms with Crippen LogP contribution in [0.4, 0.5) is 13.2 Å². The van der Waals surface area contributed by atoms with E-state index < -0.39 is 11.7 Å². The Morgan fingerprint density at radius 2 is 2.14 bits per heavy atom. The van der Waals surface area contributed by atoms with Crippen LogP contribution < -0.4 is 4.74 Å². The highest BCUT2D eigenvalue weighted by atomic mass is 35.5. The van der Waals surface area contributed by atoms with Gasteiger partial charge in [-0.15, -0.1) is 0 Å². The van der Waals surface area contributed by atoms with Gasteiger partial charge in [0, 0.05) is 7.05 Å². The zero-order valence-electron chi connectivity index (χ0n) is 10.8. The minimum Gasteiger partial charge on any atom is -0.485 e. The Hall–Kier alpha value is -2.20. The van der Waals surface area contributed by atoms with Crippen LogP contribution in [-0.2, 0) is 19.8 Å². The van der Waals surface area contributed by atoms with Crippen molar-refractivity contribution in [3.8, 4) is 11.8 Å². The van der Waals surface area contributed by atoms with Crippen molar-refractivity contribution < 1.29 is 17.9 Å². The van der Waals surface area contributed by atoms with Crippen LogP contribution in [0.15, 0.2) is 24.4 Å². The zero-order valence-corrected chi connectivity index (χ0v) is 11.5. The van der Waals surface area contributed by atoms with Crippen molar-refractivity contribution in [2.24, 2.45) is 7.05 Å². The molecule has 0 saturated heterocycles. The van der Waals surface area contributed by atoms with Crippen LogP contribution in [0, 0.1) is 11.3 Å². The number of aromatic nitrogens is 2. The number of hydrogen-bond acceptors (Lipinski definition) is 3. The predicted molar refractivity (Wildman–Crippen MR) is 68.7 cm³/mol. The van der Waals surface area contributed by atoms with Crippen molar-refractivity contribution in [1.29, 1.82) is 5.26 Å². The third kappa shape index (κ3) is 3.28. The monoisotopic (exact) mass is 315 g/mol. The second-order valence-electron chi connectivity index (χ2n) is 4.17. The van der Waals surface area contributed by atoms with Crippen molar-refractivity contribution >= 4 is 11.6 Å². The van der Waals surface area contributed by atoms with Crippen molar-refractivity contribution in [2.45, 2.75) is 12.8 Å². The molecule has 21 heavy (non-hydrogen) atoms. The average Bonchev–Trinajstić information content (AvgIpc) is 2.75. The Balaban J connectivity index is 2.28. The molecular formula is C13H9ClF3N3O. The number of imidazole rings is 1. The molecule has 0 unspecified atom stereocenters. The lowest BCUT2D eigenvalue weighted by molar-refractivity contribution is -0.139. The fourth-order valence-corrected chi connectivity index (χ4v) is 1.79.